The van der Waals surface area contributed by atoms with E-state index < -0.39 is 0 Å². The first-order valence-electron chi connectivity index (χ1n) is 10.4. The van der Waals surface area contributed by atoms with Crippen molar-refractivity contribution in [2.24, 2.45) is 5.92 Å². The molecule has 0 aromatic heterocycles. The molecule has 1 aromatic rings. The summed E-state index contributed by atoms with van der Waals surface area (Å²) in [5.74, 6) is 2.77. The molecule has 142 valence electrons. The number of benzene rings is 1. The maximum Gasteiger partial charge on any atom is 0.127 e. The average Bonchev–Trinajstić information content (AvgIpc) is 2.64. The van der Waals surface area contributed by atoms with E-state index in [9.17, 15) is 0 Å². The van der Waals surface area contributed by atoms with E-state index >= 15 is 0 Å². The fourth-order valence-electron chi connectivity index (χ4n) is 3.37. The number of rotatable bonds is 12. The van der Waals surface area contributed by atoms with Gasteiger partial charge in [-0.25, -0.2) is 0 Å². The molecule has 0 amide bonds. The van der Waals surface area contributed by atoms with Gasteiger partial charge in [-0.1, -0.05) is 52.0 Å². The highest BCUT2D eigenvalue weighted by Gasteiger charge is 2.13. The minimum absolute atomic E-state index is 0.782. The Balaban J connectivity index is 1.88. The second kappa shape index (κ2) is 12.2. The summed E-state index contributed by atoms with van der Waals surface area (Å²) in [6, 6.07) is 6.32. The Kier molecular flexibility index (Phi) is 9.79. The highest BCUT2D eigenvalue weighted by Crippen LogP contribution is 2.26. The third kappa shape index (κ3) is 7.68. The Labute approximate surface area is 154 Å². The standard InChI is InChI=1S/C22H37NO2/c1-3-5-14-24-21-13-12-20(22(16-21)25-15-6-4-2)18-23-17-19-10-8-7-9-11-19/h12-13,16,19,23H,3-11,14-15,17-18H2,1-2H3. The van der Waals surface area contributed by atoms with Crippen LogP contribution in [0.4, 0.5) is 0 Å². The molecule has 0 spiro atoms. The average molecular weight is 348 g/mol. The number of unbranched alkanes of at least 4 members (excludes halogenated alkanes) is 2. The van der Waals surface area contributed by atoms with Crippen LogP contribution >= 0.6 is 0 Å². The van der Waals surface area contributed by atoms with Crippen molar-refractivity contribution in [3.63, 3.8) is 0 Å². The third-order valence-electron chi connectivity index (χ3n) is 5.03. The van der Waals surface area contributed by atoms with Gasteiger partial charge in [-0.15, -0.1) is 0 Å². The highest BCUT2D eigenvalue weighted by atomic mass is 16.5. The molecule has 0 radical (unpaired) electrons. The summed E-state index contributed by atoms with van der Waals surface area (Å²) in [6.07, 6.45) is 11.5. The number of hydrogen-bond donors (Lipinski definition) is 1. The fraction of sp³-hybridized carbons (Fsp3) is 0.727. The van der Waals surface area contributed by atoms with Gasteiger partial charge >= 0.3 is 0 Å². The van der Waals surface area contributed by atoms with Crippen LogP contribution in [0.2, 0.25) is 0 Å². The molecule has 0 saturated heterocycles. The molecule has 1 aromatic carbocycles. The second-order valence-electron chi connectivity index (χ2n) is 7.31. The zero-order valence-corrected chi connectivity index (χ0v) is 16.3. The van der Waals surface area contributed by atoms with Crippen LogP contribution in [0.3, 0.4) is 0 Å². The van der Waals surface area contributed by atoms with E-state index in [1.807, 2.05) is 0 Å². The van der Waals surface area contributed by atoms with E-state index in [2.05, 4.69) is 37.4 Å². The van der Waals surface area contributed by atoms with Crippen LogP contribution in [0.25, 0.3) is 0 Å². The minimum Gasteiger partial charge on any atom is -0.493 e. The van der Waals surface area contributed by atoms with Crippen LogP contribution in [0.1, 0.15) is 77.2 Å². The monoisotopic (exact) mass is 347 g/mol. The summed E-state index contributed by atoms with van der Waals surface area (Å²) < 4.78 is 11.9. The van der Waals surface area contributed by atoms with Crippen LogP contribution in [0.5, 0.6) is 11.5 Å². The van der Waals surface area contributed by atoms with Crippen molar-refractivity contribution in [1.82, 2.24) is 5.32 Å². The van der Waals surface area contributed by atoms with E-state index in [0.717, 1.165) is 69.4 Å². The highest BCUT2D eigenvalue weighted by molar-refractivity contribution is 5.40. The number of ether oxygens (including phenoxy) is 2. The molecule has 3 nitrogen and oxygen atoms in total. The summed E-state index contributed by atoms with van der Waals surface area (Å²) in [4.78, 5) is 0. The van der Waals surface area contributed by atoms with Gasteiger partial charge in [-0.3, -0.25) is 0 Å². The molecule has 2 rings (SSSR count). The molecule has 0 atom stereocenters. The van der Waals surface area contributed by atoms with Gasteiger partial charge < -0.3 is 14.8 Å². The van der Waals surface area contributed by atoms with Crippen molar-refractivity contribution in [2.45, 2.75) is 78.2 Å². The van der Waals surface area contributed by atoms with Crippen LogP contribution in [0.15, 0.2) is 18.2 Å². The van der Waals surface area contributed by atoms with Crippen molar-refractivity contribution < 1.29 is 9.47 Å². The molecule has 1 aliphatic rings. The Bertz CT molecular complexity index is 469. The van der Waals surface area contributed by atoms with Gasteiger partial charge in [0.15, 0.2) is 0 Å². The Morgan fingerprint density at radius 2 is 1.68 bits per heavy atom. The van der Waals surface area contributed by atoms with Crippen molar-refractivity contribution in [1.29, 1.82) is 0 Å². The largest absolute Gasteiger partial charge is 0.493 e. The van der Waals surface area contributed by atoms with E-state index in [1.54, 1.807) is 0 Å². The summed E-state index contributed by atoms with van der Waals surface area (Å²) in [6.45, 7) is 7.95. The molecule has 0 heterocycles. The normalized spacial score (nSPS) is 15.3. The smallest absolute Gasteiger partial charge is 0.127 e. The molecule has 1 fully saturated rings. The molecule has 0 aliphatic heterocycles. The van der Waals surface area contributed by atoms with Crippen molar-refractivity contribution in [2.75, 3.05) is 19.8 Å². The van der Waals surface area contributed by atoms with Crippen molar-refractivity contribution in [3.8, 4) is 11.5 Å². The van der Waals surface area contributed by atoms with E-state index in [4.69, 9.17) is 9.47 Å². The predicted molar refractivity (Wildman–Crippen MR) is 106 cm³/mol. The third-order valence-corrected chi connectivity index (χ3v) is 5.03. The van der Waals surface area contributed by atoms with E-state index in [1.165, 1.54) is 37.7 Å². The first-order valence-corrected chi connectivity index (χ1v) is 10.4. The topological polar surface area (TPSA) is 30.5 Å². The fourth-order valence-corrected chi connectivity index (χ4v) is 3.37. The summed E-state index contributed by atoms with van der Waals surface area (Å²) in [7, 11) is 0. The molecule has 1 N–H and O–H groups in total. The van der Waals surface area contributed by atoms with Gasteiger partial charge in [-0.05, 0) is 44.2 Å². The van der Waals surface area contributed by atoms with Gasteiger partial charge in [-0.2, -0.15) is 0 Å². The summed E-state index contributed by atoms with van der Waals surface area (Å²) >= 11 is 0. The summed E-state index contributed by atoms with van der Waals surface area (Å²) in [5, 5.41) is 3.65. The lowest BCUT2D eigenvalue weighted by atomic mass is 9.89. The molecular weight excluding hydrogens is 310 g/mol. The lowest BCUT2D eigenvalue weighted by molar-refractivity contribution is 0.291. The van der Waals surface area contributed by atoms with Crippen LogP contribution in [-0.2, 0) is 6.54 Å². The molecule has 1 aliphatic carbocycles. The first-order chi connectivity index (χ1) is 12.3. The van der Waals surface area contributed by atoms with Crippen LogP contribution in [-0.4, -0.2) is 19.8 Å². The van der Waals surface area contributed by atoms with Crippen LogP contribution < -0.4 is 14.8 Å². The van der Waals surface area contributed by atoms with E-state index in [-0.39, 0.29) is 0 Å². The Morgan fingerprint density at radius 1 is 0.960 bits per heavy atom. The number of nitrogens with one attached hydrogen (secondary N) is 1. The first kappa shape index (κ1) is 20.1. The van der Waals surface area contributed by atoms with Crippen LogP contribution in [0, 0.1) is 5.92 Å². The minimum atomic E-state index is 0.782. The molecule has 0 unspecified atom stereocenters. The Hall–Kier alpha value is -1.22. The lowest BCUT2D eigenvalue weighted by Crippen LogP contribution is -2.24. The second-order valence-corrected chi connectivity index (χ2v) is 7.31. The van der Waals surface area contributed by atoms with Gasteiger partial charge in [0.1, 0.15) is 11.5 Å². The molecule has 25 heavy (non-hydrogen) atoms. The lowest BCUT2D eigenvalue weighted by Gasteiger charge is -2.22. The maximum atomic E-state index is 6.05. The molecule has 0 bridgehead atoms. The van der Waals surface area contributed by atoms with Gasteiger partial charge in [0.25, 0.3) is 0 Å². The molecular formula is C22H37NO2. The van der Waals surface area contributed by atoms with Gasteiger partial charge in [0, 0.05) is 18.2 Å². The van der Waals surface area contributed by atoms with Gasteiger partial charge in [0.2, 0.25) is 0 Å². The zero-order chi connectivity index (χ0) is 17.7. The molecule has 3 heteroatoms. The predicted octanol–water partition coefficient (Wildman–Crippen LogP) is 5.71. The summed E-state index contributed by atoms with van der Waals surface area (Å²) in [5.41, 5.74) is 1.25. The molecule has 1 saturated carbocycles. The maximum absolute atomic E-state index is 6.05. The number of hydrogen-bond acceptors (Lipinski definition) is 3. The zero-order valence-electron chi connectivity index (χ0n) is 16.3. The van der Waals surface area contributed by atoms with E-state index in [0.29, 0.717) is 0 Å². The van der Waals surface area contributed by atoms with Crippen molar-refractivity contribution >= 4 is 0 Å². The van der Waals surface area contributed by atoms with Crippen molar-refractivity contribution in [3.05, 3.63) is 23.8 Å². The Morgan fingerprint density at radius 3 is 2.40 bits per heavy atom. The van der Waals surface area contributed by atoms with Gasteiger partial charge in [0.05, 0.1) is 13.2 Å². The quantitative estimate of drug-likeness (QED) is 0.491. The SMILES string of the molecule is CCCCOc1ccc(CNCC2CCCCC2)c(OCCCC)c1.